The van der Waals surface area contributed by atoms with Crippen molar-refractivity contribution < 1.29 is 9.59 Å². The number of halogens is 2. The monoisotopic (exact) mass is 451 g/mol. The smallest absolute Gasteiger partial charge is 0.238 e. The van der Waals surface area contributed by atoms with Crippen LogP contribution in [0, 0.1) is 0 Å². The van der Waals surface area contributed by atoms with E-state index < -0.39 is 5.25 Å². The molecule has 0 aliphatic carbocycles. The van der Waals surface area contributed by atoms with Crippen molar-refractivity contribution in [1.82, 2.24) is 4.90 Å². The Bertz CT molecular complexity index is 873. The maximum Gasteiger partial charge on any atom is 0.238 e. The number of nitrogens with one attached hydrogen (secondary N) is 1. The largest absolute Gasteiger partial charge is 0.325 e. The number of benzene rings is 2. The van der Waals surface area contributed by atoms with Crippen molar-refractivity contribution in [2.45, 2.75) is 11.7 Å². The van der Waals surface area contributed by atoms with Crippen molar-refractivity contribution in [3.63, 3.8) is 0 Å². The summed E-state index contributed by atoms with van der Waals surface area (Å²) in [5.41, 5.74) is 1.31. The van der Waals surface area contributed by atoms with Gasteiger partial charge in [-0.1, -0.05) is 45.4 Å². The highest BCUT2D eigenvalue weighted by molar-refractivity contribution is 9.10. The second-order valence-corrected chi connectivity index (χ2v) is 8.16. The summed E-state index contributed by atoms with van der Waals surface area (Å²) in [7, 11) is 1.66. The highest BCUT2D eigenvalue weighted by atomic mass is 79.9. The Labute approximate surface area is 168 Å². The molecule has 1 aliphatic rings. The van der Waals surface area contributed by atoms with Crippen LogP contribution in [0.5, 0.6) is 0 Å². The molecule has 1 unspecified atom stereocenters. The zero-order chi connectivity index (χ0) is 18.7. The lowest BCUT2D eigenvalue weighted by Gasteiger charge is -2.28. The third kappa shape index (κ3) is 4.66. The van der Waals surface area contributed by atoms with Crippen molar-refractivity contribution in [1.29, 1.82) is 0 Å². The van der Waals surface area contributed by atoms with Crippen molar-refractivity contribution >= 4 is 67.6 Å². The summed E-state index contributed by atoms with van der Waals surface area (Å²) in [6.07, 6.45) is 0.118. The van der Waals surface area contributed by atoms with Gasteiger partial charge in [0.15, 0.2) is 5.17 Å². The molecule has 134 valence electrons. The summed E-state index contributed by atoms with van der Waals surface area (Å²) in [4.78, 5) is 30.8. The first kappa shape index (κ1) is 18.9. The maximum atomic E-state index is 12.6. The van der Waals surface area contributed by atoms with E-state index in [-0.39, 0.29) is 18.2 Å². The predicted octanol–water partition coefficient (Wildman–Crippen LogP) is 4.69. The molecule has 2 amide bonds. The minimum Gasteiger partial charge on any atom is -0.325 e. The van der Waals surface area contributed by atoms with Crippen LogP contribution in [-0.4, -0.2) is 34.2 Å². The van der Waals surface area contributed by atoms with Gasteiger partial charge in [-0.3, -0.25) is 14.5 Å². The van der Waals surface area contributed by atoms with E-state index in [9.17, 15) is 9.59 Å². The van der Waals surface area contributed by atoms with Gasteiger partial charge >= 0.3 is 0 Å². The van der Waals surface area contributed by atoms with Crippen molar-refractivity contribution in [3.8, 4) is 0 Å². The average Bonchev–Trinajstić information content (AvgIpc) is 2.60. The van der Waals surface area contributed by atoms with Crippen molar-refractivity contribution in [2.75, 3.05) is 12.4 Å². The molecule has 26 heavy (non-hydrogen) atoms. The second kappa shape index (κ2) is 8.24. The minimum absolute atomic E-state index is 0.118. The summed E-state index contributed by atoms with van der Waals surface area (Å²) >= 11 is 10.6. The van der Waals surface area contributed by atoms with Gasteiger partial charge < -0.3 is 5.32 Å². The number of amidine groups is 1. The Morgan fingerprint density at radius 1 is 1.31 bits per heavy atom. The fraction of sp³-hybridized carbons (Fsp3) is 0.167. The van der Waals surface area contributed by atoms with E-state index in [0.29, 0.717) is 21.6 Å². The lowest BCUT2D eigenvalue weighted by Crippen LogP contribution is -2.43. The van der Waals surface area contributed by atoms with Gasteiger partial charge in [-0.05, 0) is 42.5 Å². The summed E-state index contributed by atoms with van der Waals surface area (Å²) in [6.45, 7) is 0. The van der Waals surface area contributed by atoms with Gasteiger partial charge in [-0.15, -0.1) is 0 Å². The van der Waals surface area contributed by atoms with Crippen LogP contribution in [0.25, 0.3) is 0 Å². The number of hydrogen-bond acceptors (Lipinski definition) is 4. The minimum atomic E-state index is -0.549. The Balaban J connectivity index is 1.77. The Hall–Kier alpha value is -1.83. The lowest BCUT2D eigenvalue weighted by molar-refractivity contribution is -0.128. The van der Waals surface area contributed by atoms with Gasteiger partial charge in [0.2, 0.25) is 11.8 Å². The first-order valence-electron chi connectivity index (χ1n) is 7.76. The standard InChI is InChI=1S/C18H15BrClN3O2S/c1-23-16(24)10-15(17(25)21-14-4-2-3-12(20)9-14)26-18(23)22-13-7-5-11(19)6-8-13/h2-9,15H,10H2,1H3,(H,21,25). The number of aliphatic imine (C=N–C) groups is 1. The molecule has 0 radical (unpaired) electrons. The van der Waals surface area contributed by atoms with Crippen LogP contribution < -0.4 is 5.32 Å². The molecule has 0 aromatic heterocycles. The van der Waals surface area contributed by atoms with E-state index in [0.717, 1.165) is 4.47 Å². The van der Waals surface area contributed by atoms with Crippen LogP contribution in [0.3, 0.4) is 0 Å². The Kier molecular flexibility index (Phi) is 6.01. The van der Waals surface area contributed by atoms with Gasteiger partial charge in [-0.2, -0.15) is 0 Å². The van der Waals surface area contributed by atoms with E-state index in [2.05, 4.69) is 26.2 Å². The molecule has 1 fully saturated rings. The van der Waals surface area contributed by atoms with Crippen LogP contribution >= 0.6 is 39.3 Å². The first-order chi connectivity index (χ1) is 12.4. The van der Waals surface area contributed by atoms with Crippen LogP contribution in [0.15, 0.2) is 58.0 Å². The molecule has 0 saturated carbocycles. The summed E-state index contributed by atoms with van der Waals surface area (Å²) < 4.78 is 0.945. The number of amides is 2. The summed E-state index contributed by atoms with van der Waals surface area (Å²) in [6, 6.07) is 14.3. The molecular weight excluding hydrogens is 438 g/mol. The normalized spacial score (nSPS) is 18.9. The van der Waals surface area contributed by atoms with Gasteiger partial charge in [0.1, 0.15) is 5.25 Å². The van der Waals surface area contributed by atoms with E-state index in [1.165, 1.54) is 16.7 Å². The SMILES string of the molecule is CN1C(=O)CC(C(=O)Nc2cccc(Cl)c2)SC1=Nc1ccc(Br)cc1. The number of anilines is 1. The van der Waals surface area contributed by atoms with Crippen LogP contribution in [0.1, 0.15) is 6.42 Å². The van der Waals surface area contributed by atoms with Crippen molar-refractivity contribution in [3.05, 3.63) is 58.0 Å². The third-order valence-electron chi connectivity index (χ3n) is 3.70. The number of carbonyl (C=O) groups excluding carboxylic acids is 2. The van der Waals surface area contributed by atoms with Gasteiger partial charge in [-0.25, -0.2) is 4.99 Å². The van der Waals surface area contributed by atoms with Gasteiger partial charge in [0.25, 0.3) is 0 Å². The highest BCUT2D eigenvalue weighted by Crippen LogP contribution is 2.29. The number of hydrogen-bond donors (Lipinski definition) is 1. The molecule has 2 aromatic rings. The number of thioether (sulfide) groups is 1. The topological polar surface area (TPSA) is 61.8 Å². The Morgan fingerprint density at radius 3 is 2.73 bits per heavy atom. The zero-order valence-electron chi connectivity index (χ0n) is 13.8. The summed E-state index contributed by atoms with van der Waals surface area (Å²) in [5.74, 6) is -0.395. The number of carbonyl (C=O) groups is 2. The Morgan fingerprint density at radius 2 is 2.04 bits per heavy atom. The van der Waals surface area contributed by atoms with Gasteiger partial charge in [0, 0.05) is 28.7 Å². The molecular formula is C18H15BrClN3O2S. The van der Waals surface area contributed by atoms with E-state index in [1.807, 2.05) is 24.3 Å². The van der Waals surface area contributed by atoms with Crippen molar-refractivity contribution in [2.24, 2.45) is 4.99 Å². The quantitative estimate of drug-likeness (QED) is 0.735. The number of nitrogens with zero attached hydrogens (tertiary/aromatic N) is 2. The molecule has 1 N–H and O–H groups in total. The molecule has 5 nitrogen and oxygen atoms in total. The lowest BCUT2D eigenvalue weighted by atomic mass is 10.2. The molecule has 1 heterocycles. The van der Waals surface area contributed by atoms with E-state index in [4.69, 9.17) is 11.6 Å². The summed E-state index contributed by atoms with van der Waals surface area (Å²) in [5, 5.41) is 3.28. The fourth-order valence-corrected chi connectivity index (χ4v) is 3.83. The maximum absolute atomic E-state index is 12.6. The second-order valence-electron chi connectivity index (χ2n) is 5.63. The molecule has 1 aliphatic heterocycles. The third-order valence-corrected chi connectivity index (χ3v) is 5.71. The molecule has 1 atom stereocenters. The van der Waals surface area contributed by atoms with Gasteiger partial charge in [0.05, 0.1) is 5.69 Å². The van der Waals surface area contributed by atoms with Crippen LogP contribution in [0.4, 0.5) is 11.4 Å². The molecule has 2 aromatic carbocycles. The van der Waals surface area contributed by atoms with Crippen LogP contribution in [-0.2, 0) is 9.59 Å². The zero-order valence-corrected chi connectivity index (χ0v) is 16.9. The first-order valence-corrected chi connectivity index (χ1v) is 9.81. The predicted molar refractivity (Wildman–Crippen MR) is 110 cm³/mol. The van der Waals surface area contributed by atoms with Crippen LogP contribution in [0.2, 0.25) is 5.02 Å². The molecule has 8 heteroatoms. The molecule has 0 bridgehead atoms. The fourth-order valence-electron chi connectivity index (χ4n) is 2.31. The molecule has 1 saturated heterocycles. The molecule has 0 spiro atoms. The highest BCUT2D eigenvalue weighted by Gasteiger charge is 2.34. The van der Waals surface area contributed by atoms with E-state index in [1.54, 1.807) is 31.3 Å². The molecule has 3 rings (SSSR count). The average molecular weight is 453 g/mol. The van der Waals surface area contributed by atoms with E-state index >= 15 is 0 Å². The number of rotatable bonds is 3.